The molecule has 2 aliphatic rings. The van der Waals surface area contributed by atoms with E-state index in [1.165, 1.54) is 15.7 Å². The number of nitrogens with zero attached hydrogens (tertiary/aromatic N) is 5. The molecule has 1 saturated heterocycles. The maximum Gasteiger partial charge on any atom is 0.414 e. The monoisotopic (exact) mass is 463 g/mol. The van der Waals surface area contributed by atoms with Crippen molar-refractivity contribution in [3.8, 4) is 0 Å². The zero-order valence-electron chi connectivity index (χ0n) is 17.8. The molecular formula is C21H23F2N5O5. The SMILES string of the molecule is Cc1cn(CC2CN(c3cc(F)c(C4=CCN(C(=O)[C@@H](O)CO)CC4)c(F)c3)C(=O)O2)nn1. The van der Waals surface area contributed by atoms with Crippen LogP contribution in [0.2, 0.25) is 0 Å². The highest BCUT2D eigenvalue weighted by molar-refractivity contribution is 5.90. The number of anilines is 1. The standard InChI is InChI=1S/C21H23F2N5O5/c1-12-8-27(25-24-12)9-15-10-28(21(32)33-15)14-6-16(22)19(17(23)7-14)13-2-4-26(5-3-13)20(31)18(30)11-29/h2,6-8,15,18,29-30H,3-5,9-11H2,1H3/t15?,18-/m0/s1. The number of hydrogen-bond donors (Lipinski definition) is 2. The van der Waals surface area contributed by atoms with Crippen LogP contribution in [-0.4, -0.2) is 80.6 Å². The molecule has 4 rings (SSSR count). The molecule has 1 fully saturated rings. The number of aliphatic hydroxyl groups excluding tert-OH is 2. The Labute approximate surface area is 187 Å². The van der Waals surface area contributed by atoms with Crippen LogP contribution >= 0.6 is 0 Å². The summed E-state index contributed by atoms with van der Waals surface area (Å²) in [6.45, 7) is 1.63. The molecule has 2 atom stereocenters. The zero-order chi connectivity index (χ0) is 23.7. The summed E-state index contributed by atoms with van der Waals surface area (Å²) < 4.78 is 36.7. The minimum absolute atomic E-state index is 0.0373. The molecule has 0 aliphatic carbocycles. The van der Waals surface area contributed by atoms with Crippen molar-refractivity contribution < 1.29 is 33.3 Å². The highest BCUT2D eigenvalue weighted by atomic mass is 19.1. The average Bonchev–Trinajstić information content (AvgIpc) is 3.37. The van der Waals surface area contributed by atoms with Crippen LogP contribution in [0.5, 0.6) is 0 Å². The fourth-order valence-corrected chi connectivity index (χ4v) is 3.93. The van der Waals surface area contributed by atoms with Gasteiger partial charge in [0.1, 0.15) is 17.7 Å². The predicted molar refractivity (Wildman–Crippen MR) is 111 cm³/mol. The van der Waals surface area contributed by atoms with E-state index in [2.05, 4.69) is 10.3 Å². The van der Waals surface area contributed by atoms with Gasteiger partial charge in [-0.25, -0.2) is 18.3 Å². The molecule has 12 heteroatoms. The summed E-state index contributed by atoms with van der Waals surface area (Å²) in [5.74, 6) is -2.32. The minimum atomic E-state index is -1.52. The number of cyclic esters (lactones) is 1. The molecule has 1 aromatic heterocycles. The summed E-state index contributed by atoms with van der Waals surface area (Å²) in [7, 11) is 0. The zero-order valence-corrected chi connectivity index (χ0v) is 17.8. The highest BCUT2D eigenvalue weighted by Gasteiger charge is 2.34. The lowest BCUT2D eigenvalue weighted by Crippen LogP contribution is -2.42. The lowest BCUT2D eigenvalue weighted by Gasteiger charge is -2.28. The first-order valence-electron chi connectivity index (χ1n) is 10.4. The lowest BCUT2D eigenvalue weighted by molar-refractivity contribution is -0.141. The van der Waals surface area contributed by atoms with Crippen molar-refractivity contribution in [3.05, 3.63) is 47.3 Å². The quantitative estimate of drug-likeness (QED) is 0.652. The Morgan fingerprint density at radius 1 is 1.33 bits per heavy atom. The normalized spacial score (nSPS) is 19.5. The van der Waals surface area contributed by atoms with Gasteiger partial charge in [0, 0.05) is 24.8 Å². The van der Waals surface area contributed by atoms with Gasteiger partial charge in [0.25, 0.3) is 5.91 Å². The van der Waals surface area contributed by atoms with E-state index in [9.17, 15) is 23.5 Å². The molecule has 0 bridgehead atoms. The Morgan fingerprint density at radius 3 is 2.64 bits per heavy atom. The van der Waals surface area contributed by atoms with Crippen LogP contribution < -0.4 is 4.90 Å². The molecule has 10 nitrogen and oxygen atoms in total. The number of rotatable bonds is 6. The first kappa shape index (κ1) is 22.8. The van der Waals surface area contributed by atoms with Crippen LogP contribution in [0, 0.1) is 18.6 Å². The molecule has 0 saturated carbocycles. The molecule has 0 spiro atoms. The van der Waals surface area contributed by atoms with Crippen LogP contribution in [0.3, 0.4) is 0 Å². The topological polar surface area (TPSA) is 121 Å². The number of aliphatic hydroxyl groups is 2. The highest BCUT2D eigenvalue weighted by Crippen LogP contribution is 2.32. The third-order valence-corrected chi connectivity index (χ3v) is 5.56. The molecular weight excluding hydrogens is 440 g/mol. The van der Waals surface area contributed by atoms with Crippen molar-refractivity contribution in [2.24, 2.45) is 0 Å². The van der Waals surface area contributed by atoms with E-state index in [4.69, 9.17) is 9.84 Å². The van der Waals surface area contributed by atoms with Gasteiger partial charge in [0.05, 0.1) is 31.1 Å². The molecule has 2 aromatic rings. The predicted octanol–water partition coefficient (Wildman–Crippen LogP) is 0.859. The fourth-order valence-electron chi connectivity index (χ4n) is 3.93. The van der Waals surface area contributed by atoms with E-state index in [1.807, 2.05) is 0 Å². The number of benzene rings is 1. The third kappa shape index (κ3) is 4.71. The number of amides is 2. The molecule has 1 unspecified atom stereocenters. The average molecular weight is 463 g/mol. The van der Waals surface area contributed by atoms with Gasteiger partial charge in [-0.05, 0) is 31.1 Å². The van der Waals surface area contributed by atoms with E-state index in [1.54, 1.807) is 13.1 Å². The Hall–Kier alpha value is -3.38. The number of carbonyl (C=O) groups is 2. The largest absolute Gasteiger partial charge is 0.442 e. The Morgan fingerprint density at radius 2 is 2.06 bits per heavy atom. The summed E-state index contributed by atoms with van der Waals surface area (Å²) in [6.07, 6.45) is 0.585. The van der Waals surface area contributed by atoms with Crippen molar-refractivity contribution in [1.29, 1.82) is 0 Å². The Balaban J connectivity index is 1.48. The summed E-state index contributed by atoms with van der Waals surface area (Å²) in [4.78, 5) is 26.7. The van der Waals surface area contributed by atoms with Crippen molar-refractivity contribution >= 4 is 23.3 Å². The molecule has 2 aliphatic heterocycles. The Bertz CT molecular complexity index is 1080. The first-order valence-corrected chi connectivity index (χ1v) is 10.4. The van der Waals surface area contributed by atoms with Gasteiger partial charge in [0.2, 0.25) is 0 Å². The van der Waals surface area contributed by atoms with Gasteiger partial charge in [-0.3, -0.25) is 9.69 Å². The summed E-state index contributed by atoms with van der Waals surface area (Å²) in [5.41, 5.74) is 0.901. The fraction of sp³-hybridized carbons (Fsp3) is 0.429. The van der Waals surface area contributed by atoms with Gasteiger partial charge in [-0.1, -0.05) is 11.3 Å². The minimum Gasteiger partial charge on any atom is -0.442 e. The molecule has 33 heavy (non-hydrogen) atoms. The van der Waals surface area contributed by atoms with Crippen molar-refractivity contribution in [2.75, 3.05) is 31.1 Å². The third-order valence-electron chi connectivity index (χ3n) is 5.56. The number of ether oxygens (including phenoxy) is 1. The van der Waals surface area contributed by atoms with Gasteiger partial charge >= 0.3 is 6.09 Å². The number of hydrogen-bond acceptors (Lipinski definition) is 7. The van der Waals surface area contributed by atoms with Crippen molar-refractivity contribution in [1.82, 2.24) is 19.9 Å². The maximum absolute atomic E-state index is 14.9. The maximum atomic E-state index is 14.9. The van der Waals surface area contributed by atoms with Crippen LogP contribution in [0.4, 0.5) is 19.3 Å². The molecule has 2 amide bonds. The van der Waals surface area contributed by atoms with Crippen LogP contribution in [0.15, 0.2) is 24.4 Å². The summed E-state index contributed by atoms with van der Waals surface area (Å²) in [5, 5.41) is 26.2. The van der Waals surface area contributed by atoms with Gasteiger partial charge in [0.15, 0.2) is 6.10 Å². The second-order valence-corrected chi connectivity index (χ2v) is 7.94. The number of aromatic nitrogens is 3. The molecule has 3 heterocycles. The number of aryl methyl sites for hydroxylation is 1. The smallest absolute Gasteiger partial charge is 0.414 e. The van der Waals surface area contributed by atoms with Gasteiger partial charge in [-0.15, -0.1) is 5.10 Å². The van der Waals surface area contributed by atoms with Crippen LogP contribution in [0.25, 0.3) is 5.57 Å². The summed E-state index contributed by atoms with van der Waals surface area (Å²) in [6, 6.07) is 2.16. The van der Waals surface area contributed by atoms with Gasteiger partial charge in [-0.2, -0.15) is 0 Å². The molecule has 2 N–H and O–H groups in total. The summed E-state index contributed by atoms with van der Waals surface area (Å²) >= 11 is 0. The van der Waals surface area contributed by atoms with E-state index in [0.717, 1.165) is 17.0 Å². The number of halogens is 2. The molecule has 0 radical (unpaired) electrons. The second-order valence-electron chi connectivity index (χ2n) is 7.94. The van der Waals surface area contributed by atoms with Crippen molar-refractivity contribution in [2.45, 2.75) is 32.1 Å². The van der Waals surface area contributed by atoms with E-state index < -0.39 is 42.4 Å². The van der Waals surface area contributed by atoms with E-state index in [-0.39, 0.29) is 43.9 Å². The van der Waals surface area contributed by atoms with Gasteiger partial charge < -0.3 is 19.8 Å². The lowest BCUT2D eigenvalue weighted by atomic mass is 9.97. The van der Waals surface area contributed by atoms with Crippen molar-refractivity contribution in [3.63, 3.8) is 0 Å². The van der Waals surface area contributed by atoms with Crippen LogP contribution in [0.1, 0.15) is 17.7 Å². The van der Waals surface area contributed by atoms with Crippen LogP contribution in [-0.2, 0) is 16.1 Å². The van der Waals surface area contributed by atoms with E-state index >= 15 is 0 Å². The second kappa shape index (κ2) is 9.24. The molecule has 1 aromatic carbocycles. The first-order chi connectivity index (χ1) is 15.8. The number of carbonyl (C=O) groups excluding carboxylic acids is 2. The molecule has 176 valence electrons. The van der Waals surface area contributed by atoms with E-state index in [0.29, 0.717) is 11.3 Å². The Kier molecular flexibility index (Phi) is 6.38.